The Morgan fingerprint density at radius 2 is 1.48 bits per heavy atom. The molecule has 1 heterocycles. The topological polar surface area (TPSA) is 88.9 Å². The molecule has 2 N–H and O–H groups in total. The first-order valence-electron chi connectivity index (χ1n) is 7.82. The Hall–Kier alpha value is -3.48. The average Bonchev–Trinajstić information content (AvgIpc) is 3.21. The largest absolute Gasteiger partial charge is 0.269 e. The van der Waals surface area contributed by atoms with Crippen LogP contribution in [0, 0.1) is 0 Å². The minimum absolute atomic E-state index is 0.366. The van der Waals surface area contributed by atoms with Crippen LogP contribution < -0.4 is 10.9 Å². The molecule has 0 saturated carbocycles. The zero-order chi connectivity index (χ0) is 17.6. The van der Waals surface area contributed by atoms with Gasteiger partial charge in [-0.3, -0.25) is 20.4 Å². The summed E-state index contributed by atoms with van der Waals surface area (Å²) in [6, 6.07) is 14.0. The van der Waals surface area contributed by atoms with Gasteiger partial charge in [-0.05, 0) is 48.4 Å². The molecule has 0 fully saturated rings. The number of aryl methyl sites for hydroxylation is 1. The third-order valence-electron chi connectivity index (χ3n) is 3.73. The zero-order valence-electron chi connectivity index (χ0n) is 13.6. The van der Waals surface area contributed by atoms with Crippen molar-refractivity contribution in [1.82, 2.24) is 25.6 Å². The summed E-state index contributed by atoms with van der Waals surface area (Å²) in [6.45, 7) is 2.05. The lowest BCUT2D eigenvalue weighted by Crippen LogP contribution is -2.41. The van der Waals surface area contributed by atoms with Gasteiger partial charge >= 0.3 is 0 Å². The van der Waals surface area contributed by atoms with Crippen molar-refractivity contribution >= 4 is 11.8 Å². The van der Waals surface area contributed by atoms with Crippen molar-refractivity contribution < 1.29 is 9.59 Å². The molecule has 0 radical (unpaired) electrons. The fraction of sp³-hybridized carbons (Fsp3) is 0.111. The van der Waals surface area contributed by atoms with Crippen LogP contribution in [0.4, 0.5) is 0 Å². The molecule has 126 valence electrons. The molecule has 0 saturated heterocycles. The first-order chi connectivity index (χ1) is 12.2. The molecule has 3 aromatic rings. The Bertz CT molecular complexity index is 855. The van der Waals surface area contributed by atoms with Gasteiger partial charge in [0.1, 0.15) is 12.7 Å². The standard InChI is InChI=1S/C18H17N5O2/c1-2-13-3-5-14(6-4-13)17(24)21-22-18(25)15-7-9-16(10-8-15)23-12-19-11-20-23/h3-12H,2H2,1H3,(H,21,24)(H,22,25). The van der Waals surface area contributed by atoms with Crippen molar-refractivity contribution in [1.29, 1.82) is 0 Å². The van der Waals surface area contributed by atoms with E-state index < -0.39 is 5.91 Å². The van der Waals surface area contributed by atoms with E-state index >= 15 is 0 Å². The van der Waals surface area contributed by atoms with Gasteiger partial charge < -0.3 is 0 Å². The van der Waals surface area contributed by atoms with Crippen molar-refractivity contribution in [2.75, 3.05) is 0 Å². The minimum Gasteiger partial charge on any atom is -0.267 e. The first kappa shape index (κ1) is 16.4. The Kier molecular flexibility index (Phi) is 4.84. The Morgan fingerprint density at radius 1 is 0.920 bits per heavy atom. The highest BCUT2D eigenvalue weighted by molar-refractivity contribution is 5.99. The van der Waals surface area contributed by atoms with Crippen LogP contribution in [-0.2, 0) is 6.42 Å². The number of hydrogen-bond donors (Lipinski definition) is 2. The van der Waals surface area contributed by atoms with Gasteiger partial charge in [-0.1, -0.05) is 19.1 Å². The molecule has 2 amide bonds. The van der Waals surface area contributed by atoms with Crippen LogP contribution in [-0.4, -0.2) is 26.6 Å². The second kappa shape index (κ2) is 7.39. The van der Waals surface area contributed by atoms with Crippen molar-refractivity contribution in [3.05, 3.63) is 77.9 Å². The number of amides is 2. The predicted octanol–water partition coefficient (Wildman–Crippen LogP) is 1.90. The Labute approximate surface area is 144 Å². The third kappa shape index (κ3) is 3.89. The quantitative estimate of drug-likeness (QED) is 0.713. The lowest BCUT2D eigenvalue weighted by molar-refractivity contribution is 0.0846. The normalized spacial score (nSPS) is 10.3. The zero-order valence-corrected chi connectivity index (χ0v) is 13.6. The second-order valence-corrected chi connectivity index (χ2v) is 5.35. The highest BCUT2D eigenvalue weighted by Gasteiger charge is 2.09. The van der Waals surface area contributed by atoms with Gasteiger partial charge in [-0.15, -0.1) is 0 Å². The maximum absolute atomic E-state index is 12.1. The Balaban J connectivity index is 1.59. The van der Waals surface area contributed by atoms with Gasteiger partial charge in [0.05, 0.1) is 5.69 Å². The molecule has 0 unspecified atom stereocenters. The summed E-state index contributed by atoms with van der Waals surface area (Å²) in [5, 5.41) is 4.01. The number of carbonyl (C=O) groups is 2. The van der Waals surface area contributed by atoms with E-state index in [-0.39, 0.29) is 5.91 Å². The van der Waals surface area contributed by atoms with Crippen molar-refractivity contribution in [3.8, 4) is 5.69 Å². The van der Waals surface area contributed by atoms with Gasteiger partial charge in [0.2, 0.25) is 0 Å². The van der Waals surface area contributed by atoms with Gasteiger partial charge in [0, 0.05) is 11.1 Å². The van der Waals surface area contributed by atoms with Crippen molar-refractivity contribution in [3.63, 3.8) is 0 Å². The maximum Gasteiger partial charge on any atom is 0.269 e. The molecule has 7 nitrogen and oxygen atoms in total. The first-order valence-corrected chi connectivity index (χ1v) is 7.82. The van der Waals surface area contributed by atoms with Crippen LogP contribution in [0.1, 0.15) is 33.2 Å². The number of nitrogens with one attached hydrogen (secondary N) is 2. The number of nitrogens with zero attached hydrogens (tertiary/aromatic N) is 3. The molecule has 0 atom stereocenters. The van der Waals surface area contributed by atoms with Crippen LogP contribution in [0.5, 0.6) is 0 Å². The molecule has 0 aliphatic rings. The highest BCUT2D eigenvalue weighted by atomic mass is 16.2. The number of hydrogen-bond acceptors (Lipinski definition) is 4. The fourth-order valence-corrected chi connectivity index (χ4v) is 2.26. The SMILES string of the molecule is CCc1ccc(C(=O)NNC(=O)c2ccc(-n3cncn3)cc2)cc1. The van der Waals surface area contributed by atoms with E-state index in [0.29, 0.717) is 11.1 Å². The summed E-state index contributed by atoms with van der Waals surface area (Å²) in [5.41, 5.74) is 7.66. The predicted molar refractivity (Wildman–Crippen MR) is 92.1 cm³/mol. The molecule has 25 heavy (non-hydrogen) atoms. The summed E-state index contributed by atoms with van der Waals surface area (Å²) in [6.07, 6.45) is 3.91. The monoisotopic (exact) mass is 335 g/mol. The van der Waals surface area contributed by atoms with Crippen LogP contribution in [0.15, 0.2) is 61.2 Å². The van der Waals surface area contributed by atoms with Crippen LogP contribution >= 0.6 is 0 Å². The molecule has 0 spiro atoms. The van der Waals surface area contributed by atoms with E-state index in [1.165, 1.54) is 6.33 Å². The van der Waals surface area contributed by atoms with E-state index in [4.69, 9.17) is 0 Å². The van der Waals surface area contributed by atoms with E-state index in [2.05, 4.69) is 20.9 Å². The van der Waals surface area contributed by atoms with E-state index in [1.807, 2.05) is 19.1 Å². The van der Waals surface area contributed by atoms with Crippen LogP contribution in [0.25, 0.3) is 5.69 Å². The highest BCUT2D eigenvalue weighted by Crippen LogP contribution is 2.08. The summed E-state index contributed by atoms with van der Waals surface area (Å²) in [7, 11) is 0. The Morgan fingerprint density at radius 3 is 1.96 bits per heavy atom. The molecule has 0 bridgehead atoms. The molecule has 2 aromatic carbocycles. The van der Waals surface area contributed by atoms with E-state index in [1.54, 1.807) is 47.4 Å². The number of rotatable bonds is 4. The maximum atomic E-state index is 12.1. The molecule has 1 aromatic heterocycles. The second-order valence-electron chi connectivity index (χ2n) is 5.35. The van der Waals surface area contributed by atoms with E-state index in [9.17, 15) is 9.59 Å². The van der Waals surface area contributed by atoms with Crippen molar-refractivity contribution in [2.45, 2.75) is 13.3 Å². The van der Waals surface area contributed by atoms with Crippen molar-refractivity contribution in [2.24, 2.45) is 0 Å². The number of aromatic nitrogens is 3. The van der Waals surface area contributed by atoms with Crippen LogP contribution in [0.2, 0.25) is 0 Å². The van der Waals surface area contributed by atoms with Crippen LogP contribution in [0.3, 0.4) is 0 Å². The lowest BCUT2D eigenvalue weighted by atomic mass is 10.1. The van der Waals surface area contributed by atoms with Gasteiger partial charge in [-0.2, -0.15) is 5.10 Å². The lowest BCUT2D eigenvalue weighted by Gasteiger charge is -2.08. The number of hydrazine groups is 1. The van der Waals surface area contributed by atoms with Gasteiger partial charge in [0.25, 0.3) is 11.8 Å². The molecule has 0 aliphatic heterocycles. The summed E-state index contributed by atoms with van der Waals surface area (Å²) < 4.78 is 1.59. The fourth-order valence-electron chi connectivity index (χ4n) is 2.26. The van der Waals surface area contributed by atoms with Gasteiger partial charge in [-0.25, -0.2) is 9.67 Å². The minimum atomic E-state index is -0.399. The van der Waals surface area contributed by atoms with Gasteiger partial charge in [0.15, 0.2) is 0 Å². The summed E-state index contributed by atoms with van der Waals surface area (Å²) >= 11 is 0. The molecular weight excluding hydrogens is 318 g/mol. The average molecular weight is 335 g/mol. The molecular formula is C18H17N5O2. The molecule has 3 rings (SSSR count). The summed E-state index contributed by atoms with van der Waals surface area (Å²) in [4.78, 5) is 28.0. The third-order valence-corrected chi connectivity index (χ3v) is 3.73. The smallest absolute Gasteiger partial charge is 0.267 e. The van der Waals surface area contributed by atoms with E-state index in [0.717, 1.165) is 17.7 Å². The summed E-state index contributed by atoms with van der Waals surface area (Å²) in [5.74, 6) is -0.765. The number of benzene rings is 2. The molecule has 0 aliphatic carbocycles. The number of carbonyl (C=O) groups excluding carboxylic acids is 2. The molecule has 7 heteroatoms.